The number of fused-ring (bicyclic) bond motifs is 1. The molecule has 0 atom stereocenters. The van der Waals surface area contributed by atoms with Crippen LogP contribution in [0.3, 0.4) is 0 Å². The largest absolute Gasteiger partial charge is 0.292 e. The summed E-state index contributed by atoms with van der Waals surface area (Å²) in [4.78, 5) is 7.88. The lowest BCUT2D eigenvalue weighted by atomic mass is 10.1. The van der Waals surface area contributed by atoms with Crippen molar-refractivity contribution in [2.75, 3.05) is 0 Å². The van der Waals surface area contributed by atoms with E-state index in [1.54, 1.807) is 0 Å². The fourth-order valence-corrected chi connectivity index (χ4v) is 2.96. The number of nitrogens with zero attached hydrogens (tertiary/aromatic N) is 4. The molecule has 0 radical (unpaired) electrons. The fraction of sp³-hybridized carbons (Fsp3) is 0. The lowest BCUT2D eigenvalue weighted by Crippen LogP contribution is -1.98. The molecule has 4 rings (SSSR count). The minimum absolute atomic E-state index is 0.167. The molecular weight excluding hydrogens is 327 g/mol. The third-order valence-electron chi connectivity index (χ3n) is 4.13. The number of benzene rings is 3. The second kappa shape index (κ2) is 6.16. The zero-order valence-corrected chi connectivity index (χ0v) is 13.5. The average molecular weight is 338 g/mol. The van der Waals surface area contributed by atoms with Crippen LogP contribution in [-0.4, -0.2) is 9.55 Å². The van der Waals surface area contributed by atoms with Crippen LogP contribution in [0.5, 0.6) is 0 Å². The number of nitriles is 1. The summed E-state index contributed by atoms with van der Waals surface area (Å²) in [5.74, 6) is -0.243. The second-order valence-corrected chi connectivity index (χ2v) is 5.68. The van der Waals surface area contributed by atoms with Crippen LogP contribution in [0.15, 0.2) is 66.7 Å². The lowest BCUT2D eigenvalue weighted by molar-refractivity contribution is 0.630. The SMILES string of the molecule is [C-]#[N+]c1cc(-c2nc3ccccc3n2-c2ccccc2)cc(C#N)c1F. The summed E-state index contributed by atoms with van der Waals surface area (Å²) >= 11 is 0. The Bertz CT molecular complexity index is 1180. The maximum atomic E-state index is 14.1. The first-order valence-corrected chi connectivity index (χ1v) is 7.87. The summed E-state index contributed by atoms with van der Waals surface area (Å²) in [6, 6.07) is 22.0. The van der Waals surface area contributed by atoms with Crippen molar-refractivity contribution in [3.63, 3.8) is 0 Å². The quantitative estimate of drug-likeness (QED) is 0.468. The summed E-state index contributed by atoms with van der Waals surface area (Å²) in [7, 11) is 0. The Hall–Kier alpha value is -3.96. The van der Waals surface area contributed by atoms with Crippen molar-refractivity contribution in [3.05, 3.63) is 89.5 Å². The highest BCUT2D eigenvalue weighted by molar-refractivity contribution is 5.84. The van der Waals surface area contributed by atoms with Crippen molar-refractivity contribution < 1.29 is 4.39 Å². The van der Waals surface area contributed by atoms with Gasteiger partial charge < -0.3 is 0 Å². The minimum Gasteiger partial charge on any atom is -0.292 e. The highest BCUT2D eigenvalue weighted by Crippen LogP contribution is 2.33. The molecule has 1 aromatic heterocycles. The standard InChI is InChI=1S/C21H11FN4/c1-24-18-12-14(11-15(13-23)20(18)22)21-25-17-9-5-6-10-19(17)26(21)16-7-3-2-4-8-16/h2-12H. The predicted octanol–water partition coefficient (Wildman–Crippen LogP) is 5.25. The van der Waals surface area contributed by atoms with Crippen molar-refractivity contribution in [3.8, 4) is 23.1 Å². The third-order valence-corrected chi connectivity index (χ3v) is 4.13. The first kappa shape index (κ1) is 15.6. The molecule has 1 heterocycles. The normalized spacial score (nSPS) is 10.4. The van der Waals surface area contributed by atoms with Crippen LogP contribution in [0, 0.1) is 23.7 Å². The number of hydrogen-bond donors (Lipinski definition) is 0. The van der Waals surface area contributed by atoms with Gasteiger partial charge in [-0.3, -0.25) is 4.57 Å². The zero-order chi connectivity index (χ0) is 18.1. The van der Waals surface area contributed by atoms with E-state index in [2.05, 4.69) is 9.83 Å². The van der Waals surface area contributed by atoms with E-state index in [4.69, 9.17) is 6.57 Å². The van der Waals surface area contributed by atoms with E-state index in [-0.39, 0.29) is 11.3 Å². The van der Waals surface area contributed by atoms with Gasteiger partial charge in [0, 0.05) is 11.3 Å². The molecule has 0 fully saturated rings. The highest BCUT2D eigenvalue weighted by Gasteiger charge is 2.18. The van der Waals surface area contributed by atoms with Gasteiger partial charge in [0.2, 0.25) is 5.69 Å². The van der Waals surface area contributed by atoms with Crippen molar-refractivity contribution in [1.29, 1.82) is 5.26 Å². The van der Waals surface area contributed by atoms with Gasteiger partial charge in [0.25, 0.3) is 0 Å². The number of hydrogen-bond acceptors (Lipinski definition) is 2. The predicted molar refractivity (Wildman–Crippen MR) is 97.4 cm³/mol. The first-order valence-electron chi connectivity index (χ1n) is 7.87. The Balaban J connectivity index is 2.08. The Labute approximate surface area is 149 Å². The van der Waals surface area contributed by atoms with Gasteiger partial charge in [-0.05, 0) is 36.4 Å². The third kappa shape index (κ3) is 2.40. The molecule has 0 aliphatic rings. The Morgan fingerprint density at radius 1 is 1.04 bits per heavy atom. The molecule has 4 nitrogen and oxygen atoms in total. The average Bonchev–Trinajstić information content (AvgIpc) is 3.08. The van der Waals surface area contributed by atoms with Crippen LogP contribution < -0.4 is 0 Å². The van der Waals surface area contributed by atoms with Gasteiger partial charge in [0.15, 0.2) is 0 Å². The number of halogens is 1. The molecule has 3 aromatic carbocycles. The van der Waals surface area contributed by atoms with E-state index >= 15 is 0 Å². The second-order valence-electron chi connectivity index (χ2n) is 5.68. The van der Waals surface area contributed by atoms with Crippen molar-refractivity contribution in [2.24, 2.45) is 0 Å². The molecule has 0 N–H and O–H groups in total. The van der Waals surface area contributed by atoms with Gasteiger partial charge in [0.1, 0.15) is 17.7 Å². The summed E-state index contributed by atoms with van der Waals surface area (Å²) in [5, 5.41) is 9.22. The summed E-state index contributed by atoms with van der Waals surface area (Å²) in [6.07, 6.45) is 0. The minimum atomic E-state index is -0.798. The maximum absolute atomic E-state index is 14.1. The van der Waals surface area contributed by atoms with Crippen molar-refractivity contribution in [1.82, 2.24) is 9.55 Å². The molecule has 0 saturated carbocycles. The van der Waals surface area contributed by atoms with Crippen LogP contribution in [0.2, 0.25) is 0 Å². The summed E-state index contributed by atoms with van der Waals surface area (Å²) in [5.41, 5.74) is 2.72. The van der Waals surface area contributed by atoms with Crippen LogP contribution in [-0.2, 0) is 0 Å². The van der Waals surface area contributed by atoms with E-state index in [9.17, 15) is 9.65 Å². The molecule has 122 valence electrons. The monoisotopic (exact) mass is 338 g/mol. The zero-order valence-electron chi connectivity index (χ0n) is 13.5. The topological polar surface area (TPSA) is 46.0 Å². The van der Waals surface area contributed by atoms with Crippen LogP contribution in [0.4, 0.5) is 10.1 Å². The molecule has 0 bridgehead atoms. The maximum Gasteiger partial charge on any atom is 0.224 e. The van der Waals surface area contributed by atoms with E-state index in [1.165, 1.54) is 12.1 Å². The molecular formula is C21H11FN4. The molecule has 0 amide bonds. The van der Waals surface area contributed by atoms with Gasteiger partial charge in [-0.15, -0.1) is 0 Å². The molecule has 0 saturated heterocycles. The lowest BCUT2D eigenvalue weighted by Gasteiger charge is -2.10. The summed E-state index contributed by atoms with van der Waals surface area (Å²) < 4.78 is 16.1. The molecule has 4 aromatic rings. The molecule has 26 heavy (non-hydrogen) atoms. The summed E-state index contributed by atoms with van der Waals surface area (Å²) in [6.45, 7) is 7.19. The number of rotatable bonds is 2. The molecule has 5 heteroatoms. The van der Waals surface area contributed by atoms with Crippen LogP contribution in [0.1, 0.15) is 5.56 Å². The molecule has 0 unspecified atom stereocenters. The van der Waals surface area contributed by atoms with Crippen LogP contribution in [0.25, 0.3) is 33.0 Å². The molecule has 0 aliphatic heterocycles. The van der Waals surface area contributed by atoms with Crippen molar-refractivity contribution in [2.45, 2.75) is 0 Å². The van der Waals surface area contributed by atoms with Gasteiger partial charge >= 0.3 is 0 Å². The molecule has 0 aliphatic carbocycles. The molecule has 0 spiro atoms. The smallest absolute Gasteiger partial charge is 0.224 e. The number of para-hydroxylation sites is 3. The number of aromatic nitrogens is 2. The van der Waals surface area contributed by atoms with E-state index < -0.39 is 5.82 Å². The van der Waals surface area contributed by atoms with E-state index in [1.807, 2.05) is 65.2 Å². The van der Waals surface area contributed by atoms with Gasteiger partial charge in [-0.1, -0.05) is 30.3 Å². The van der Waals surface area contributed by atoms with Crippen molar-refractivity contribution >= 4 is 16.7 Å². The Morgan fingerprint density at radius 2 is 1.77 bits per heavy atom. The number of imidazole rings is 1. The Morgan fingerprint density at radius 3 is 2.50 bits per heavy atom. The fourth-order valence-electron chi connectivity index (χ4n) is 2.96. The first-order chi connectivity index (χ1) is 12.7. The van der Waals surface area contributed by atoms with E-state index in [0.29, 0.717) is 11.4 Å². The highest BCUT2D eigenvalue weighted by atomic mass is 19.1. The van der Waals surface area contributed by atoms with Crippen LogP contribution >= 0.6 is 0 Å². The van der Waals surface area contributed by atoms with Gasteiger partial charge in [0.05, 0.1) is 23.2 Å². The van der Waals surface area contributed by atoms with Gasteiger partial charge in [-0.25, -0.2) is 14.2 Å². The van der Waals surface area contributed by atoms with Gasteiger partial charge in [-0.2, -0.15) is 5.26 Å². The Kier molecular flexibility index (Phi) is 3.69. The van der Waals surface area contributed by atoms with E-state index in [0.717, 1.165) is 16.7 Å².